The fourth-order valence-corrected chi connectivity index (χ4v) is 2.04. The van der Waals surface area contributed by atoms with E-state index in [0.717, 1.165) is 56.7 Å². The van der Waals surface area contributed by atoms with E-state index in [1.807, 2.05) is 13.0 Å². The third-order valence-electron chi connectivity index (χ3n) is 3.16. The van der Waals surface area contributed by atoms with E-state index in [0.29, 0.717) is 5.92 Å². The maximum absolute atomic E-state index is 5.36. The molecule has 1 aliphatic heterocycles. The summed E-state index contributed by atoms with van der Waals surface area (Å²) in [6.07, 6.45) is 1.15. The normalized spacial score (nSPS) is 15.9. The number of nitrogens with one attached hydrogen (secondary N) is 1. The standard InChI is InChI=1S/C14H24N4O/c1-11(2)4-5-15-13-10-12(3)16-14(17-13)18-6-8-19-9-7-18/h10-11H,4-9H2,1-3H3,(H,15,16,17). The fourth-order valence-electron chi connectivity index (χ4n) is 2.04. The second-order valence-corrected chi connectivity index (χ2v) is 5.40. The number of hydrogen-bond donors (Lipinski definition) is 1. The first-order chi connectivity index (χ1) is 9.15. The van der Waals surface area contributed by atoms with Crippen molar-refractivity contribution in [3.8, 4) is 0 Å². The highest BCUT2D eigenvalue weighted by Crippen LogP contribution is 2.15. The van der Waals surface area contributed by atoms with Crippen LogP contribution < -0.4 is 10.2 Å². The molecule has 1 N–H and O–H groups in total. The van der Waals surface area contributed by atoms with Gasteiger partial charge in [0.2, 0.25) is 5.95 Å². The highest BCUT2D eigenvalue weighted by Gasteiger charge is 2.14. The van der Waals surface area contributed by atoms with Crippen molar-refractivity contribution < 1.29 is 4.74 Å². The number of rotatable bonds is 5. The van der Waals surface area contributed by atoms with Crippen LogP contribution >= 0.6 is 0 Å². The molecule has 0 bridgehead atoms. The Balaban J connectivity index is 2.01. The number of aromatic nitrogens is 2. The zero-order valence-corrected chi connectivity index (χ0v) is 12.1. The van der Waals surface area contributed by atoms with Crippen molar-refractivity contribution in [1.82, 2.24) is 9.97 Å². The molecule has 5 nitrogen and oxygen atoms in total. The number of morpholine rings is 1. The van der Waals surface area contributed by atoms with Gasteiger partial charge in [-0.3, -0.25) is 0 Å². The Kier molecular flexibility index (Phi) is 4.96. The largest absolute Gasteiger partial charge is 0.378 e. The first kappa shape index (κ1) is 14.1. The second-order valence-electron chi connectivity index (χ2n) is 5.40. The average molecular weight is 264 g/mol. The molecule has 1 saturated heterocycles. The van der Waals surface area contributed by atoms with E-state index in [1.54, 1.807) is 0 Å². The summed E-state index contributed by atoms with van der Waals surface area (Å²) in [6, 6.07) is 2.00. The van der Waals surface area contributed by atoms with Crippen molar-refractivity contribution in [3.63, 3.8) is 0 Å². The monoisotopic (exact) mass is 264 g/mol. The lowest BCUT2D eigenvalue weighted by atomic mass is 10.1. The van der Waals surface area contributed by atoms with Crippen molar-refractivity contribution in [3.05, 3.63) is 11.8 Å². The Labute approximate surface area is 115 Å². The van der Waals surface area contributed by atoms with E-state index >= 15 is 0 Å². The number of aryl methyl sites for hydroxylation is 1. The molecule has 2 heterocycles. The molecule has 0 aromatic carbocycles. The van der Waals surface area contributed by atoms with Crippen LogP contribution in [0.3, 0.4) is 0 Å². The molecule has 0 aliphatic carbocycles. The van der Waals surface area contributed by atoms with Crippen LogP contribution in [0.4, 0.5) is 11.8 Å². The van der Waals surface area contributed by atoms with Gasteiger partial charge in [0.25, 0.3) is 0 Å². The lowest BCUT2D eigenvalue weighted by molar-refractivity contribution is 0.122. The van der Waals surface area contributed by atoms with E-state index in [2.05, 4.69) is 34.0 Å². The third-order valence-corrected chi connectivity index (χ3v) is 3.16. The Morgan fingerprint density at radius 3 is 2.74 bits per heavy atom. The summed E-state index contributed by atoms with van der Waals surface area (Å²) in [5.41, 5.74) is 1.00. The third kappa shape index (κ3) is 4.35. The first-order valence-electron chi connectivity index (χ1n) is 7.07. The second kappa shape index (κ2) is 6.70. The summed E-state index contributed by atoms with van der Waals surface area (Å²) in [7, 11) is 0. The van der Waals surface area contributed by atoms with Gasteiger partial charge in [-0.1, -0.05) is 13.8 Å². The molecule has 0 saturated carbocycles. The average Bonchev–Trinajstić information content (AvgIpc) is 2.39. The molecule has 0 radical (unpaired) electrons. The molecular formula is C14H24N4O. The van der Waals surface area contributed by atoms with Crippen LogP contribution in [-0.2, 0) is 4.74 Å². The maximum Gasteiger partial charge on any atom is 0.227 e. The number of ether oxygens (including phenoxy) is 1. The van der Waals surface area contributed by atoms with Crippen molar-refractivity contribution in [2.75, 3.05) is 43.1 Å². The summed E-state index contributed by atoms with van der Waals surface area (Å²) in [5, 5.41) is 3.39. The Bertz CT molecular complexity index is 402. The van der Waals surface area contributed by atoms with Gasteiger partial charge in [-0.05, 0) is 19.3 Å². The lowest BCUT2D eigenvalue weighted by Gasteiger charge is -2.27. The van der Waals surface area contributed by atoms with E-state index in [1.165, 1.54) is 0 Å². The minimum Gasteiger partial charge on any atom is -0.378 e. The Morgan fingerprint density at radius 2 is 2.05 bits per heavy atom. The van der Waals surface area contributed by atoms with Crippen molar-refractivity contribution >= 4 is 11.8 Å². The Hall–Kier alpha value is -1.36. The smallest absolute Gasteiger partial charge is 0.227 e. The molecule has 0 spiro atoms. The predicted molar refractivity (Wildman–Crippen MR) is 77.7 cm³/mol. The zero-order valence-electron chi connectivity index (χ0n) is 12.1. The van der Waals surface area contributed by atoms with Gasteiger partial charge in [0.15, 0.2) is 0 Å². The van der Waals surface area contributed by atoms with Gasteiger partial charge in [0, 0.05) is 31.4 Å². The molecule has 1 fully saturated rings. The van der Waals surface area contributed by atoms with Crippen LogP contribution in [-0.4, -0.2) is 42.8 Å². The van der Waals surface area contributed by atoms with E-state index in [4.69, 9.17) is 4.74 Å². The van der Waals surface area contributed by atoms with Gasteiger partial charge in [0.05, 0.1) is 13.2 Å². The summed E-state index contributed by atoms with van der Waals surface area (Å²) in [5.74, 6) is 2.44. The maximum atomic E-state index is 5.36. The minimum absolute atomic E-state index is 0.703. The Morgan fingerprint density at radius 1 is 1.32 bits per heavy atom. The van der Waals surface area contributed by atoms with Crippen LogP contribution in [0, 0.1) is 12.8 Å². The lowest BCUT2D eigenvalue weighted by Crippen LogP contribution is -2.37. The fraction of sp³-hybridized carbons (Fsp3) is 0.714. The number of hydrogen-bond acceptors (Lipinski definition) is 5. The molecule has 0 unspecified atom stereocenters. The SMILES string of the molecule is Cc1cc(NCCC(C)C)nc(N2CCOCC2)n1. The highest BCUT2D eigenvalue weighted by atomic mass is 16.5. The van der Waals surface area contributed by atoms with Crippen LogP contribution in [0.25, 0.3) is 0 Å². The van der Waals surface area contributed by atoms with Crippen molar-refractivity contribution in [2.45, 2.75) is 27.2 Å². The van der Waals surface area contributed by atoms with E-state index in [-0.39, 0.29) is 0 Å². The summed E-state index contributed by atoms with van der Waals surface area (Å²) >= 11 is 0. The molecule has 1 aliphatic rings. The van der Waals surface area contributed by atoms with E-state index < -0.39 is 0 Å². The van der Waals surface area contributed by atoms with Crippen molar-refractivity contribution in [1.29, 1.82) is 0 Å². The molecule has 0 atom stereocenters. The minimum atomic E-state index is 0.703. The van der Waals surface area contributed by atoms with Gasteiger partial charge in [-0.15, -0.1) is 0 Å². The van der Waals surface area contributed by atoms with E-state index in [9.17, 15) is 0 Å². The molecule has 1 aromatic heterocycles. The van der Waals surface area contributed by atoms with Crippen LogP contribution in [0.15, 0.2) is 6.07 Å². The van der Waals surface area contributed by atoms with Crippen molar-refractivity contribution in [2.24, 2.45) is 5.92 Å². The van der Waals surface area contributed by atoms with Gasteiger partial charge >= 0.3 is 0 Å². The molecule has 1 aromatic rings. The molecular weight excluding hydrogens is 240 g/mol. The summed E-state index contributed by atoms with van der Waals surface area (Å²) in [6.45, 7) is 10.7. The summed E-state index contributed by atoms with van der Waals surface area (Å²) in [4.78, 5) is 11.3. The first-order valence-corrected chi connectivity index (χ1v) is 7.07. The molecule has 2 rings (SSSR count). The van der Waals surface area contributed by atoms with Gasteiger partial charge < -0.3 is 15.0 Å². The molecule has 0 amide bonds. The number of anilines is 2. The number of nitrogens with zero attached hydrogens (tertiary/aromatic N) is 3. The zero-order chi connectivity index (χ0) is 13.7. The quantitative estimate of drug-likeness (QED) is 0.882. The van der Waals surface area contributed by atoms with Gasteiger partial charge in [0.1, 0.15) is 5.82 Å². The van der Waals surface area contributed by atoms with Crippen LogP contribution in [0.2, 0.25) is 0 Å². The molecule has 106 valence electrons. The van der Waals surface area contributed by atoms with Gasteiger partial charge in [-0.2, -0.15) is 4.98 Å². The highest BCUT2D eigenvalue weighted by molar-refractivity contribution is 5.43. The van der Waals surface area contributed by atoms with Gasteiger partial charge in [-0.25, -0.2) is 4.98 Å². The predicted octanol–water partition coefficient (Wildman–Crippen LogP) is 2.08. The van der Waals surface area contributed by atoms with Crippen LogP contribution in [0.1, 0.15) is 26.0 Å². The van der Waals surface area contributed by atoms with Crippen LogP contribution in [0.5, 0.6) is 0 Å². The molecule has 19 heavy (non-hydrogen) atoms. The molecule has 5 heteroatoms. The summed E-state index contributed by atoms with van der Waals surface area (Å²) < 4.78 is 5.36. The topological polar surface area (TPSA) is 50.3 Å².